The van der Waals surface area contributed by atoms with Gasteiger partial charge < -0.3 is 14.8 Å². The zero-order chi connectivity index (χ0) is 18.8. The van der Waals surface area contributed by atoms with Crippen LogP contribution in [0.2, 0.25) is 0 Å². The van der Waals surface area contributed by atoms with Gasteiger partial charge in [0, 0.05) is 39.4 Å². The first kappa shape index (κ1) is 23.0. The third-order valence-electron chi connectivity index (χ3n) is 4.20. The summed E-state index contributed by atoms with van der Waals surface area (Å²) in [7, 11) is 3.84. The third kappa shape index (κ3) is 7.58. The summed E-state index contributed by atoms with van der Waals surface area (Å²) in [6, 6.07) is 13.5. The smallest absolute Gasteiger partial charge is 0.250 e. The molecular weight excluding hydrogens is 451 g/mol. The summed E-state index contributed by atoms with van der Waals surface area (Å²) in [4.78, 5) is 18.2. The molecule has 0 atom stereocenters. The fourth-order valence-electron chi connectivity index (χ4n) is 2.70. The molecule has 27 heavy (non-hydrogen) atoms. The van der Waals surface area contributed by atoms with E-state index in [9.17, 15) is 4.79 Å². The predicted octanol–water partition coefficient (Wildman–Crippen LogP) is 3.49. The van der Waals surface area contributed by atoms with Gasteiger partial charge in [-0.1, -0.05) is 36.4 Å². The molecule has 6 heteroatoms. The molecule has 0 aliphatic rings. The predicted molar refractivity (Wildman–Crippen MR) is 124 cm³/mol. The first-order chi connectivity index (χ1) is 12.6. The van der Waals surface area contributed by atoms with Crippen LogP contribution in [-0.2, 0) is 13.1 Å². The van der Waals surface area contributed by atoms with Gasteiger partial charge in [0.15, 0.2) is 5.96 Å². The number of unbranched alkanes of at least 4 members (excludes halogenated alkanes) is 1. The van der Waals surface area contributed by atoms with E-state index < -0.39 is 0 Å². The Morgan fingerprint density at radius 3 is 2.56 bits per heavy atom. The molecule has 0 aliphatic heterocycles. The van der Waals surface area contributed by atoms with Gasteiger partial charge in [0.25, 0.3) is 5.56 Å². The number of hydrogen-bond donors (Lipinski definition) is 1. The number of nitrogens with zero attached hydrogens (tertiary/aromatic N) is 3. The minimum Gasteiger partial charge on any atom is -0.352 e. The number of halogens is 1. The monoisotopic (exact) mass is 480 g/mol. The van der Waals surface area contributed by atoms with Crippen molar-refractivity contribution in [1.82, 2.24) is 14.8 Å². The topological polar surface area (TPSA) is 49.6 Å². The average Bonchev–Trinajstić information content (AvgIpc) is 2.65. The minimum atomic E-state index is 0. The lowest BCUT2D eigenvalue weighted by Crippen LogP contribution is -2.38. The summed E-state index contributed by atoms with van der Waals surface area (Å²) in [5.41, 5.74) is 2.30. The third-order valence-corrected chi connectivity index (χ3v) is 4.20. The second kappa shape index (κ2) is 12.3. The van der Waals surface area contributed by atoms with E-state index in [-0.39, 0.29) is 29.5 Å². The Hall–Kier alpha value is -2.09. The Morgan fingerprint density at radius 1 is 1.22 bits per heavy atom. The largest absolute Gasteiger partial charge is 0.352 e. The van der Waals surface area contributed by atoms with Gasteiger partial charge in [-0.25, -0.2) is 0 Å². The van der Waals surface area contributed by atoms with Gasteiger partial charge in [-0.3, -0.25) is 9.79 Å². The van der Waals surface area contributed by atoms with Gasteiger partial charge in [0.2, 0.25) is 0 Å². The molecule has 1 aromatic heterocycles. The molecule has 0 fully saturated rings. The maximum Gasteiger partial charge on any atom is 0.250 e. The van der Waals surface area contributed by atoms with Crippen LogP contribution in [0.25, 0.3) is 0 Å². The van der Waals surface area contributed by atoms with E-state index >= 15 is 0 Å². The Morgan fingerprint density at radius 2 is 1.93 bits per heavy atom. The average molecular weight is 480 g/mol. The van der Waals surface area contributed by atoms with E-state index in [2.05, 4.69) is 46.1 Å². The van der Waals surface area contributed by atoms with E-state index in [1.54, 1.807) is 23.7 Å². The van der Waals surface area contributed by atoms with Crippen molar-refractivity contribution in [1.29, 1.82) is 0 Å². The Kier molecular flexibility index (Phi) is 10.5. The SMILES string of the molecule is C=CCCCN(C)C(=NC)NCc1ccc(Cn2ccccc2=O)cc1.I. The van der Waals surface area contributed by atoms with Crippen LogP contribution in [0.5, 0.6) is 0 Å². The highest BCUT2D eigenvalue weighted by Gasteiger charge is 2.05. The molecular formula is C21H29IN4O. The fraction of sp³-hybridized carbons (Fsp3) is 0.333. The quantitative estimate of drug-likeness (QED) is 0.207. The Balaban J connectivity index is 0.00000364. The molecule has 1 N–H and O–H groups in total. The normalized spacial score (nSPS) is 10.8. The lowest BCUT2D eigenvalue weighted by atomic mass is 10.1. The second-order valence-electron chi connectivity index (χ2n) is 6.24. The number of hydrogen-bond acceptors (Lipinski definition) is 2. The van der Waals surface area contributed by atoms with Crippen molar-refractivity contribution < 1.29 is 0 Å². The van der Waals surface area contributed by atoms with E-state index in [1.807, 2.05) is 25.4 Å². The van der Waals surface area contributed by atoms with Crippen molar-refractivity contribution >= 4 is 29.9 Å². The van der Waals surface area contributed by atoms with Crippen molar-refractivity contribution in [2.45, 2.75) is 25.9 Å². The fourth-order valence-corrected chi connectivity index (χ4v) is 2.70. The van der Waals surface area contributed by atoms with Crippen LogP contribution < -0.4 is 10.9 Å². The molecule has 0 aliphatic carbocycles. The van der Waals surface area contributed by atoms with Crippen LogP contribution in [0.1, 0.15) is 24.0 Å². The number of rotatable bonds is 8. The zero-order valence-corrected chi connectivity index (χ0v) is 18.4. The number of allylic oxidation sites excluding steroid dienone is 1. The Bertz CT molecular complexity index is 783. The molecule has 146 valence electrons. The summed E-state index contributed by atoms with van der Waals surface area (Å²) in [5, 5.41) is 3.39. The highest BCUT2D eigenvalue weighted by molar-refractivity contribution is 14.0. The van der Waals surface area contributed by atoms with Gasteiger partial charge in [-0.2, -0.15) is 0 Å². The van der Waals surface area contributed by atoms with Crippen LogP contribution in [0, 0.1) is 0 Å². The van der Waals surface area contributed by atoms with Crippen LogP contribution in [0.15, 0.2) is 71.1 Å². The van der Waals surface area contributed by atoms with Crippen molar-refractivity contribution in [2.75, 3.05) is 20.6 Å². The molecule has 0 amide bonds. The van der Waals surface area contributed by atoms with E-state index in [1.165, 1.54) is 5.56 Å². The van der Waals surface area contributed by atoms with E-state index in [0.717, 1.165) is 30.9 Å². The molecule has 1 aromatic carbocycles. The minimum absolute atomic E-state index is 0. The standard InChI is InChI=1S/C21H28N4O.HI/c1-4-5-7-14-24(3)21(22-2)23-16-18-10-12-19(13-11-18)17-25-15-8-6-9-20(25)26;/h4,6,8-13,15H,1,5,7,14,16-17H2,2-3H3,(H,22,23);1H. The number of pyridine rings is 1. The molecule has 0 saturated carbocycles. The summed E-state index contributed by atoms with van der Waals surface area (Å²) < 4.78 is 1.70. The molecule has 1 heterocycles. The number of benzene rings is 1. The molecule has 2 rings (SSSR count). The number of guanidine groups is 1. The molecule has 0 spiro atoms. The van der Waals surface area contributed by atoms with Crippen LogP contribution in [0.4, 0.5) is 0 Å². The lowest BCUT2D eigenvalue weighted by molar-refractivity contribution is 0.470. The molecule has 5 nitrogen and oxygen atoms in total. The van der Waals surface area contributed by atoms with Crippen molar-refractivity contribution in [3.05, 3.63) is 82.8 Å². The number of nitrogens with one attached hydrogen (secondary N) is 1. The summed E-state index contributed by atoms with van der Waals surface area (Å²) in [6.07, 6.45) is 5.82. The molecule has 0 unspecified atom stereocenters. The number of aromatic nitrogens is 1. The van der Waals surface area contributed by atoms with Gasteiger partial charge in [0.05, 0.1) is 6.54 Å². The first-order valence-corrected chi connectivity index (χ1v) is 8.90. The first-order valence-electron chi connectivity index (χ1n) is 8.90. The lowest BCUT2D eigenvalue weighted by Gasteiger charge is -2.22. The van der Waals surface area contributed by atoms with Crippen molar-refractivity contribution in [3.63, 3.8) is 0 Å². The van der Waals surface area contributed by atoms with Crippen LogP contribution >= 0.6 is 24.0 Å². The second-order valence-corrected chi connectivity index (χ2v) is 6.24. The maximum atomic E-state index is 11.8. The number of aliphatic imine (C=N–C) groups is 1. The van der Waals surface area contributed by atoms with Gasteiger partial charge in [-0.15, -0.1) is 30.6 Å². The van der Waals surface area contributed by atoms with Crippen LogP contribution in [-0.4, -0.2) is 36.1 Å². The van der Waals surface area contributed by atoms with Crippen LogP contribution in [0.3, 0.4) is 0 Å². The summed E-state index contributed by atoms with van der Waals surface area (Å²) in [5.74, 6) is 0.883. The summed E-state index contributed by atoms with van der Waals surface area (Å²) >= 11 is 0. The van der Waals surface area contributed by atoms with E-state index in [0.29, 0.717) is 13.1 Å². The van der Waals surface area contributed by atoms with E-state index in [4.69, 9.17) is 0 Å². The zero-order valence-electron chi connectivity index (χ0n) is 16.1. The van der Waals surface area contributed by atoms with Crippen molar-refractivity contribution in [3.8, 4) is 0 Å². The molecule has 0 bridgehead atoms. The molecule has 0 saturated heterocycles. The molecule has 2 aromatic rings. The molecule has 0 radical (unpaired) electrons. The van der Waals surface area contributed by atoms with Crippen molar-refractivity contribution in [2.24, 2.45) is 4.99 Å². The highest BCUT2D eigenvalue weighted by Crippen LogP contribution is 2.06. The Labute approximate surface area is 178 Å². The summed E-state index contributed by atoms with van der Waals surface area (Å²) in [6.45, 7) is 5.99. The maximum absolute atomic E-state index is 11.8. The highest BCUT2D eigenvalue weighted by atomic mass is 127. The van der Waals surface area contributed by atoms with Gasteiger partial charge >= 0.3 is 0 Å². The van der Waals surface area contributed by atoms with Gasteiger partial charge in [0.1, 0.15) is 0 Å². The van der Waals surface area contributed by atoms with Gasteiger partial charge in [-0.05, 0) is 30.0 Å².